The maximum atomic E-state index is 13.1. The largest absolute Gasteiger partial charge is 0.508 e. The number of carbonyl (C=O) groups excluding carboxylic acids is 5. The van der Waals surface area contributed by atoms with Crippen molar-refractivity contribution >= 4 is 70.1 Å². The van der Waals surface area contributed by atoms with E-state index in [4.69, 9.17) is 4.74 Å². The van der Waals surface area contributed by atoms with Crippen molar-refractivity contribution < 1.29 is 48.8 Å². The first-order valence-electron chi connectivity index (χ1n) is 23.4. The first-order chi connectivity index (χ1) is 35.0. The number of carbonyl (C=O) groups is 6. The molecule has 9 N–H and O–H groups in total. The zero-order valence-electron chi connectivity index (χ0n) is 40.7. The summed E-state index contributed by atoms with van der Waals surface area (Å²) in [7, 11) is 1.22. The summed E-state index contributed by atoms with van der Waals surface area (Å²) in [6, 6.07) is 15.4. The fraction of sp³-hybridized carbons (Fsp3) is 0.333. The van der Waals surface area contributed by atoms with Crippen LogP contribution in [-0.2, 0) is 40.0 Å². The highest BCUT2D eigenvalue weighted by Crippen LogP contribution is 2.28. The number of methoxy groups -OCH3 is 1. The molecule has 0 saturated heterocycles. The minimum atomic E-state index is -1.32. The first kappa shape index (κ1) is 52.8. The van der Waals surface area contributed by atoms with Gasteiger partial charge in [-0.1, -0.05) is 24.3 Å². The van der Waals surface area contributed by atoms with Crippen LogP contribution in [0.2, 0.25) is 0 Å². The summed E-state index contributed by atoms with van der Waals surface area (Å²) in [6.45, 7) is 6.36. The second kappa shape index (κ2) is 24.0. The standard InChI is InChI=1S/C26H29N5O5S.C25H27N5O5S/c1-14-22(24(34)31-20(25(35)36-3)13-27-23(33)21-5-4-10-37-21)15(2)29-26(28-14)30-18-8-6-17-12-19(32)9-7-16(17)11-18;1-13-21(23(33)30-19(24(34)35)12-26-22(32)20-4-3-9-36-20)14(2)28-25(27-13)29-17-7-5-16-11-18(31)8-6-15(16)10-17/h4-5,7,9-10,12,18,20,32H,6,8,11,13H2,1-3H3,(H,27,33)(H,31,34)(H,28,29,30);3-4,6,8-9,11,17,19,31H,5,7,10,12H2,1-2H3,(H,26,32)(H,30,33)(H,34,35)(H,27,28,29)/t18?,20-;17?,19-/m00/s1. The monoisotopic (exact) mass is 1030 g/mol. The molecule has 73 heavy (non-hydrogen) atoms. The molecule has 20 nitrogen and oxygen atoms in total. The molecule has 0 fully saturated rings. The number of aromatic hydroxyl groups is 2. The molecule has 0 spiro atoms. The van der Waals surface area contributed by atoms with Gasteiger partial charge in [-0.3, -0.25) is 19.2 Å². The summed E-state index contributed by atoms with van der Waals surface area (Å²) in [4.78, 5) is 93.2. The van der Waals surface area contributed by atoms with Crippen LogP contribution in [0.25, 0.3) is 0 Å². The van der Waals surface area contributed by atoms with E-state index in [0.29, 0.717) is 44.4 Å². The van der Waals surface area contributed by atoms with E-state index in [0.717, 1.165) is 55.2 Å². The number of carboxylic acid groups (broad SMARTS) is 1. The van der Waals surface area contributed by atoms with Crippen molar-refractivity contribution in [2.24, 2.45) is 0 Å². The molecule has 2 unspecified atom stereocenters. The smallest absolute Gasteiger partial charge is 0.330 e. The predicted octanol–water partition coefficient (Wildman–Crippen LogP) is 4.97. The summed E-state index contributed by atoms with van der Waals surface area (Å²) < 4.78 is 4.81. The summed E-state index contributed by atoms with van der Waals surface area (Å²) in [5, 5.41) is 49.4. The Hall–Kier alpha value is -7.98. The molecule has 0 bridgehead atoms. The zero-order chi connectivity index (χ0) is 52.3. The van der Waals surface area contributed by atoms with Gasteiger partial charge >= 0.3 is 11.9 Å². The van der Waals surface area contributed by atoms with Crippen LogP contribution in [-0.4, -0.2) is 115 Å². The molecule has 2 aliphatic rings. The van der Waals surface area contributed by atoms with Crippen molar-refractivity contribution in [3.8, 4) is 11.5 Å². The predicted molar refractivity (Wildman–Crippen MR) is 274 cm³/mol. The van der Waals surface area contributed by atoms with Gasteiger partial charge in [-0.15, -0.1) is 22.7 Å². The Balaban J connectivity index is 0.000000214. The minimum absolute atomic E-state index is 0.101. The summed E-state index contributed by atoms with van der Waals surface area (Å²) in [5.74, 6) is -2.50. The van der Waals surface area contributed by atoms with Gasteiger partial charge in [-0.05, 0) is 136 Å². The van der Waals surface area contributed by atoms with E-state index in [1.165, 1.54) is 35.3 Å². The third-order valence-electron chi connectivity index (χ3n) is 12.3. The van der Waals surface area contributed by atoms with Crippen molar-refractivity contribution in [3.05, 3.63) is 137 Å². The van der Waals surface area contributed by atoms with Crippen LogP contribution in [0.5, 0.6) is 11.5 Å². The van der Waals surface area contributed by atoms with E-state index in [1.807, 2.05) is 12.1 Å². The number of aliphatic carboxylic acids is 1. The van der Waals surface area contributed by atoms with Crippen molar-refractivity contribution in [2.45, 2.75) is 90.4 Å². The van der Waals surface area contributed by atoms with Gasteiger partial charge in [0.05, 0.1) is 50.8 Å². The zero-order valence-corrected chi connectivity index (χ0v) is 42.3. The molecule has 2 aromatic carbocycles. The van der Waals surface area contributed by atoms with Crippen molar-refractivity contribution in [1.82, 2.24) is 41.2 Å². The lowest BCUT2D eigenvalue weighted by Gasteiger charge is -2.26. The quantitative estimate of drug-likeness (QED) is 0.0578. The second-order valence-electron chi connectivity index (χ2n) is 17.5. The third-order valence-corrected chi connectivity index (χ3v) is 14.1. The Kier molecular flexibility index (Phi) is 17.3. The van der Waals surface area contributed by atoms with Crippen LogP contribution >= 0.6 is 22.7 Å². The molecule has 382 valence electrons. The van der Waals surface area contributed by atoms with Gasteiger partial charge in [0.1, 0.15) is 23.6 Å². The van der Waals surface area contributed by atoms with Gasteiger partial charge in [0.15, 0.2) is 0 Å². The van der Waals surface area contributed by atoms with Gasteiger partial charge in [0.2, 0.25) is 11.9 Å². The average Bonchev–Trinajstić information content (AvgIpc) is 4.10. The molecule has 4 atom stereocenters. The molecule has 4 aromatic heterocycles. The number of anilines is 2. The van der Waals surface area contributed by atoms with Crippen LogP contribution in [0.3, 0.4) is 0 Å². The molecule has 2 aliphatic carbocycles. The van der Waals surface area contributed by atoms with Crippen LogP contribution in [0, 0.1) is 27.7 Å². The van der Waals surface area contributed by atoms with Gasteiger partial charge in [0, 0.05) is 25.2 Å². The number of aryl methyl sites for hydroxylation is 6. The molecule has 0 aliphatic heterocycles. The number of carboxylic acids is 1. The number of fused-ring (bicyclic) bond motifs is 2. The third kappa shape index (κ3) is 13.7. The highest BCUT2D eigenvalue weighted by Gasteiger charge is 2.29. The van der Waals surface area contributed by atoms with Crippen LogP contribution in [0.1, 0.15) is 97.9 Å². The number of thiophene rings is 2. The summed E-state index contributed by atoms with van der Waals surface area (Å²) in [5.41, 5.74) is 6.80. The lowest BCUT2D eigenvalue weighted by Crippen LogP contribution is -2.49. The van der Waals surface area contributed by atoms with E-state index in [2.05, 4.69) is 51.8 Å². The van der Waals surface area contributed by atoms with Gasteiger partial charge in [0.25, 0.3) is 23.6 Å². The fourth-order valence-electron chi connectivity index (χ4n) is 8.69. The average molecular weight is 1030 g/mol. The Labute approximate surface area is 428 Å². The van der Waals surface area contributed by atoms with E-state index in [1.54, 1.807) is 87.0 Å². The number of hydrogen-bond acceptors (Lipinski definition) is 17. The van der Waals surface area contributed by atoms with Crippen molar-refractivity contribution in [1.29, 1.82) is 0 Å². The number of aromatic nitrogens is 4. The van der Waals surface area contributed by atoms with E-state index in [-0.39, 0.29) is 53.7 Å². The fourth-order valence-corrected chi connectivity index (χ4v) is 9.97. The Morgan fingerprint density at radius 3 is 1.40 bits per heavy atom. The molecule has 0 saturated carbocycles. The Bertz CT molecular complexity index is 2960. The van der Waals surface area contributed by atoms with E-state index < -0.39 is 41.7 Å². The first-order valence-corrected chi connectivity index (χ1v) is 25.1. The highest BCUT2D eigenvalue weighted by atomic mass is 32.1. The number of rotatable bonds is 16. The van der Waals surface area contributed by atoms with E-state index in [9.17, 15) is 44.1 Å². The van der Waals surface area contributed by atoms with Gasteiger partial charge in [-0.2, -0.15) is 0 Å². The van der Waals surface area contributed by atoms with Crippen LogP contribution in [0.15, 0.2) is 71.4 Å². The maximum absolute atomic E-state index is 13.1. The highest BCUT2D eigenvalue weighted by molar-refractivity contribution is 7.12. The normalized spacial score (nSPS) is 15.4. The number of phenols is 2. The van der Waals surface area contributed by atoms with Crippen LogP contribution < -0.4 is 31.9 Å². The van der Waals surface area contributed by atoms with Gasteiger partial charge < -0.3 is 52.0 Å². The van der Waals surface area contributed by atoms with Crippen LogP contribution in [0.4, 0.5) is 11.9 Å². The Morgan fingerprint density at radius 2 is 1.01 bits per heavy atom. The minimum Gasteiger partial charge on any atom is -0.508 e. The number of ether oxygens (including phenoxy) is 1. The second-order valence-corrected chi connectivity index (χ2v) is 19.4. The number of phenolic OH excluding ortho intramolecular Hbond substituents is 2. The maximum Gasteiger partial charge on any atom is 0.330 e. The number of benzene rings is 2. The summed E-state index contributed by atoms with van der Waals surface area (Å²) in [6.07, 6.45) is 4.89. The molecule has 22 heteroatoms. The summed E-state index contributed by atoms with van der Waals surface area (Å²) >= 11 is 2.51. The SMILES string of the molecule is COC(=O)[C@H](CNC(=O)c1cccs1)NC(=O)c1c(C)nc(NC2CCc3cc(O)ccc3C2)nc1C.Cc1nc(NC2CCc3cc(O)ccc3C2)nc(C)c1C(=O)N[C@@H](CNC(=O)c1cccs1)C(=O)O. The molecule has 4 amide bonds. The molecular formula is C51H56N10O10S2. The lowest BCUT2D eigenvalue weighted by molar-refractivity contribution is -0.142. The molecule has 0 radical (unpaired) electrons. The number of amides is 4. The number of nitrogens with one attached hydrogen (secondary N) is 6. The molecule has 6 aromatic rings. The number of esters is 1. The molecule has 8 rings (SSSR count). The van der Waals surface area contributed by atoms with Gasteiger partial charge in [-0.25, -0.2) is 29.5 Å². The molecular weight excluding hydrogens is 977 g/mol. The number of hydrogen-bond donors (Lipinski definition) is 9. The van der Waals surface area contributed by atoms with Crippen molar-refractivity contribution in [3.63, 3.8) is 0 Å². The number of nitrogens with zero attached hydrogens (tertiary/aromatic N) is 4. The Morgan fingerprint density at radius 1 is 0.603 bits per heavy atom. The van der Waals surface area contributed by atoms with E-state index >= 15 is 0 Å². The topological polar surface area (TPSA) is 296 Å². The molecule has 4 heterocycles. The van der Waals surface area contributed by atoms with Crippen molar-refractivity contribution in [2.75, 3.05) is 30.8 Å². The lowest BCUT2D eigenvalue weighted by atomic mass is 9.88.